The second-order valence-corrected chi connectivity index (χ2v) is 5.99. The van der Waals surface area contributed by atoms with Crippen molar-refractivity contribution in [3.63, 3.8) is 0 Å². The highest BCUT2D eigenvalue weighted by molar-refractivity contribution is 7.98. The van der Waals surface area contributed by atoms with Crippen LogP contribution in [0.15, 0.2) is 17.3 Å². The minimum absolute atomic E-state index is 0.0839. The molecule has 1 aromatic rings. The Balaban J connectivity index is 2.62. The third kappa shape index (κ3) is 4.49. The van der Waals surface area contributed by atoms with Crippen LogP contribution in [0.2, 0.25) is 0 Å². The predicted octanol–water partition coefficient (Wildman–Crippen LogP) is 0.550. The maximum Gasteiger partial charge on any atom is 0.243 e. The van der Waals surface area contributed by atoms with E-state index < -0.39 is 10.0 Å². The van der Waals surface area contributed by atoms with Crippen LogP contribution in [-0.4, -0.2) is 44.0 Å². The van der Waals surface area contributed by atoms with Gasteiger partial charge in [0.15, 0.2) is 0 Å². The lowest BCUT2D eigenvalue weighted by Crippen LogP contribution is -2.25. The third-order valence-electron chi connectivity index (χ3n) is 1.98. The Kier molecular flexibility index (Phi) is 5.66. The van der Waals surface area contributed by atoms with Crippen LogP contribution in [-0.2, 0) is 10.0 Å². The molecule has 1 aromatic heterocycles. The molecule has 0 aliphatic heterocycles. The number of sulfonamides is 1. The van der Waals surface area contributed by atoms with Gasteiger partial charge in [0, 0.05) is 13.6 Å². The zero-order valence-corrected chi connectivity index (χ0v) is 11.4. The Labute approximate surface area is 106 Å². The zero-order valence-electron chi connectivity index (χ0n) is 9.80. The van der Waals surface area contributed by atoms with Crippen molar-refractivity contribution in [3.8, 4) is 0 Å². The van der Waals surface area contributed by atoms with Crippen molar-refractivity contribution < 1.29 is 8.42 Å². The highest BCUT2D eigenvalue weighted by Crippen LogP contribution is 2.07. The molecule has 0 radical (unpaired) electrons. The van der Waals surface area contributed by atoms with Gasteiger partial charge < -0.3 is 5.32 Å². The molecule has 0 aromatic carbocycles. The van der Waals surface area contributed by atoms with Crippen LogP contribution in [0.1, 0.15) is 6.42 Å². The first kappa shape index (κ1) is 14.2. The number of anilines is 1. The molecule has 96 valence electrons. The summed E-state index contributed by atoms with van der Waals surface area (Å²) in [6.45, 7) is 0.428. The average Bonchev–Trinajstić information content (AvgIpc) is 2.35. The first-order valence-electron chi connectivity index (χ1n) is 5.08. The topological polar surface area (TPSA) is 84.0 Å². The number of rotatable bonds is 7. The zero-order chi connectivity index (χ0) is 12.7. The van der Waals surface area contributed by atoms with Gasteiger partial charge in [-0.3, -0.25) is 0 Å². The fraction of sp³-hybridized carbons (Fsp3) is 0.556. The van der Waals surface area contributed by atoms with E-state index in [1.54, 1.807) is 18.8 Å². The van der Waals surface area contributed by atoms with E-state index in [0.29, 0.717) is 12.5 Å². The number of nitrogens with zero attached hydrogens (tertiary/aromatic N) is 2. The van der Waals surface area contributed by atoms with Crippen LogP contribution in [0.25, 0.3) is 0 Å². The average molecular weight is 276 g/mol. The van der Waals surface area contributed by atoms with E-state index >= 15 is 0 Å². The second-order valence-electron chi connectivity index (χ2n) is 3.24. The maximum absolute atomic E-state index is 11.8. The number of thioether (sulfide) groups is 1. The molecule has 0 saturated heterocycles. The van der Waals surface area contributed by atoms with Crippen molar-refractivity contribution >= 4 is 27.7 Å². The van der Waals surface area contributed by atoms with Gasteiger partial charge >= 0.3 is 0 Å². The monoisotopic (exact) mass is 276 g/mol. The van der Waals surface area contributed by atoms with E-state index in [1.807, 2.05) is 6.26 Å². The number of hydrogen-bond donors (Lipinski definition) is 2. The van der Waals surface area contributed by atoms with Crippen molar-refractivity contribution in [2.75, 3.05) is 30.9 Å². The molecule has 0 amide bonds. The lowest BCUT2D eigenvalue weighted by Gasteiger charge is -2.06. The largest absolute Gasteiger partial charge is 0.357 e. The molecule has 0 unspecified atom stereocenters. The van der Waals surface area contributed by atoms with Gasteiger partial charge in [0.25, 0.3) is 0 Å². The van der Waals surface area contributed by atoms with E-state index in [4.69, 9.17) is 0 Å². The van der Waals surface area contributed by atoms with Gasteiger partial charge in [-0.2, -0.15) is 11.8 Å². The van der Waals surface area contributed by atoms with Gasteiger partial charge in [-0.05, 0) is 18.4 Å². The molecule has 0 aliphatic carbocycles. The summed E-state index contributed by atoms with van der Waals surface area (Å²) in [7, 11) is -1.81. The molecule has 2 N–H and O–H groups in total. The summed E-state index contributed by atoms with van der Waals surface area (Å²) in [5, 5.41) is 2.73. The SMILES string of the molecule is CNc1ncc(S(=O)(=O)NCCCSC)cn1. The minimum atomic E-state index is -3.48. The summed E-state index contributed by atoms with van der Waals surface area (Å²) >= 11 is 1.69. The first-order valence-corrected chi connectivity index (χ1v) is 7.96. The fourth-order valence-electron chi connectivity index (χ4n) is 1.09. The Morgan fingerprint density at radius 3 is 2.53 bits per heavy atom. The lowest BCUT2D eigenvalue weighted by molar-refractivity contribution is 0.580. The quantitative estimate of drug-likeness (QED) is 0.708. The van der Waals surface area contributed by atoms with Crippen LogP contribution < -0.4 is 10.0 Å². The Hall–Kier alpha value is -0.860. The van der Waals surface area contributed by atoms with Gasteiger partial charge in [0.05, 0.1) is 12.4 Å². The predicted molar refractivity (Wildman–Crippen MR) is 69.8 cm³/mol. The fourth-order valence-corrected chi connectivity index (χ4v) is 2.49. The van der Waals surface area contributed by atoms with Crippen molar-refractivity contribution in [1.82, 2.24) is 14.7 Å². The van der Waals surface area contributed by atoms with Gasteiger partial charge in [-0.1, -0.05) is 0 Å². The summed E-state index contributed by atoms with van der Waals surface area (Å²) in [5.41, 5.74) is 0. The Morgan fingerprint density at radius 1 is 1.35 bits per heavy atom. The number of nitrogens with one attached hydrogen (secondary N) is 2. The molecule has 0 spiro atoms. The summed E-state index contributed by atoms with van der Waals surface area (Å²) in [6.07, 6.45) is 5.36. The maximum atomic E-state index is 11.8. The molecule has 6 nitrogen and oxygen atoms in total. The van der Waals surface area contributed by atoms with Crippen LogP contribution in [0.3, 0.4) is 0 Å². The smallest absolute Gasteiger partial charge is 0.243 e. The highest BCUT2D eigenvalue weighted by atomic mass is 32.2. The van der Waals surface area contributed by atoms with Crippen LogP contribution in [0.4, 0.5) is 5.95 Å². The van der Waals surface area contributed by atoms with Gasteiger partial charge in [-0.25, -0.2) is 23.1 Å². The van der Waals surface area contributed by atoms with E-state index in [1.165, 1.54) is 12.4 Å². The van der Waals surface area contributed by atoms with E-state index in [2.05, 4.69) is 20.0 Å². The molecule has 0 saturated carbocycles. The molecule has 0 atom stereocenters. The second kappa shape index (κ2) is 6.77. The first-order chi connectivity index (χ1) is 8.10. The van der Waals surface area contributed by atoms with Crippen molar-refractivity contribution in [1.29, 1.82) is 0 Å². The van der Waals surface area contributed by atoms with E-state index in [0.717, 1.165) is 12.2 Å². The summed E-state index contributed by atoms with van der Waals surface area (Å²) < 4.78 is 26.1. The van der Waals surface area contributed by atoms with Crippen LogP contribution in [0, 0.1) is 0 Å². The van der Waals surface area contributed by atoms with Crippen molar-refractivity contribution in [2.24, 2.45) is 0 Å². The van der Waals surface area contributed by atoms with E-state index in [-0.39, 0.29) is 4.90 Å². The van der Waals surface area contributed by atoms with Crippen molar-refractivity contribution in [3.05, 3.63) is 12.4 Å². The normalized spacial score (nSPS) is 11.4. The standard InChI is InChI=1S/C9H16N4O2S2/c1-10-9-11-6-8(7-12-9)17(14,15)13-4-3-5-16-2/h6-7,13H,3-5H2,1-2H3,(H,10,11,12). The Bertz CT molecular complexity index is 433. The summed E-state index contributed by atoms with van der Waals surface area (Å²) in [4.78, 5) is 7.81. The molecule has 17 heavy (non-hydrogen) atoms. The molecule has 0 fully saturated rings. The molecule has 8 heteroatoms. The molecular weight excluding hydrogens is 260 g/mol. The van der Waals surface area contributed by atoms with Crippen LogP contribution >= 0.6 is 11.8 Å². The van der Waals surface area contributed by atoms with E-state index in [9.17, 15) is 8.42 Å². The van der Waals surface area contributed by atoms with Gasteiger partial charge in [-0.15, -0.1) is 0 Å². The number of aromatic nitrogens is 2. The van der Waals surface area contributed by atoms with Gasteiger partial charge in [0.1, 0.15) is 4.90 Å². The molecule has 0 aliphatic rings. The summed E-state index contributed by atoms with van der Waals surface area (Å²) in [5.74, 6) is 1.32. The highest BCUT2D eigenvalue weighted by Gasteiger charge is 2.14. The minimum Gasteiger partial charge on any atom is -0.357 e. The number of hydrogen-bond acceptors (Lipinski definition) is 6. The lowest BCUT2D eigenvalue weighted by atomic mass is 10.5. The van der Waals surface area contributed by atoms with Gasteiger partial charge in [0.2, 0.25) is 16.0 Å². The summed E-state index contributed by atoms with van der Waals surface area (Å²) in [6, 6.07) is 0. The molecule has 0 bridgehead atoms. The Morgan fingerprint density at radius 2 is 2.00 bits per heavy atom. The van der Waals surface area contributed by atoms with Crippen LogP contribution in [0.5, 0.6) is 0 Å². The third-order valence-corrected chi connectivity index (χ3v) is 4.09. The molecular formula is C9H16N4O2S2. The van der Waals surface area contributed by atoms with Crippen molar-refractivity contribution in [2.45, 2.75) is 11.3 Å². The molecule has 1 heterocycles. The molecule has 1 rings (SSSR count).